The van der Waals surface area contributed by atoms with E-state index in [0.29, 0.717) is 6.04 Å². The topological polar surface area (TPSA) is 53.2 Å². The van der Waals surface area contributed by atoms with Gasteiger partial charge in [0.05, 0.1) is 0 Å². The number of nitrogens with one attached hydrogen (secondary N) is 3. The van der Waals surface area contributed by atoms with Crippen LogP contribution in [0.4, 0.5) is 11.4 Å². The zero-order valence-corrected chi connectivity index (χ0v) is 12.4. The lowest BCUT2D eigenvalue weighted by molar-refractivity contribution is -0.118. The van der Waals surface area contributed by atoms with Crippen LogP contribution >= 0.6 is 0 Å². The largest absolute Gasteiger partial charge is 0.382 e. The molecular weight excluding hydrogens is 250 g/mol. The van der Waals surface area contributed by atoms with Crippen molar-refractivity contribution in [2.75, 3.05) is 23.7 Å². The first kappa shape index (κ1) is 14.9. The molecular formula is C16H25N3O. The molecule has 4 nitrogen and oxygen atoms in total. The molecule has 1 aromatic carbocycles. The molecule has 1 aromatic rings. The Kier molecular flexibility index (Phi) is 5.41. The minimum atomic E-state index is -0.000420. The maximum atomic E-state index is 11.7. The molecule has 1 aliphatic rings. The van der Waals surface area contributed by atoms with Gasteiger partial charge >= 0.3 is 0 Å². The molecule has 1 atom stereocenters. The van der Waals surface area contributed by atoms with Crippen molar-refractivity contribution < 1.29 is 4.79 Å². The van der Waals surface area contributed by atoms with Crippen molar-refractivity contribution in [1.82, 2.24) is 5.32 Å². The Labute approximate surface area is 121 Å². The van der Waals surface area contributed by atoms with Crippen LogP contribution in [0.25, 0.3) is 0 Å². The van der Waals surface area contributed by atoms with E-state index in [1.165, 1.54) is 12.8 Å². The van der Waals surface area contributed by atoms with Gasteiger partial charge < -0.3 is 16.0 Å². The first-order chi connectivity index (χ1) is 9.65. The Morgan fingerprint density at radius 1 is 1.25 bits per heavy atom. The van der Waals surface area contributed by atoms with Gasteiger partial charge in [-0.3, -0.25) is 4.79 Å². The molecule has 3 N–H and O–H groups in total. The number of carbonyl (C=O) groups excluding carboxylic acids is 1. The summed E-state index contributed by atoms with van der Waals surface area (Å²) in [7, 11) is 0. The number of rotatable bonds is 4. The molecule has 0 bridgehead atoms. The number of hydrogen-bond donors (Lipinski definition) is 3. The minimum Gasteiger partial charge on any atom is -0.382 e. The summed E-state index contributed by atoms with van der Waals surface area (Å²) in [5.41, 5.74) is 1.94. The van der Waals surface area contributed by atoms with E-state index in [0.717, 1.165) is 30.9 Å². The lowest BCUT2D eigenvalue weighted by atomic mass is 10.1. The number of anilines is 2. The van der Waals surface area contributed by atoms with Crippen molar-refractivity contribution in [2.24, 2.45) is 5.92 Å². The molecule has 0 radical (unpaired) electrons. The second-order valence-corrected chi connectivity index (χ2v) is 5.75. The maximum Gasteiger partial charge on any atom is 0.226 e. The van der Waals surface area contributed by atoms with Crippen LogP contribution in [0.1, 0.15) is 33.1 Å². The van der Waals surface area contributed by atoms with E-state index in [1.54, 1.807) is 0 Å². The first-order valence-corrected chi connectivity index (χ1v) is 7.53. The number of amides is 1. The summed E-state index contributed by atoms with van der Waals surface area (Å²) in [4.78, 5) is 11.7. The third-order valence-electron chi connectivity index (χ3n) is 3.60. The summed E-state index contributed by atoms with van der Waals surface area (Å²) >= 11 is 0. The molecule has 1 saturated heterocycles. The van der Waals surface area contributed by atoms with Gasteiger partial charge in [0.15, 0.2) is 0 Å². The number of hydrogen-bond acceptors (Lipinski definition) is 3. The van der Waals surface area contributed by atoms with Gasteiger partial charge in [0, 0.05) is 23.3 Å². The van der Waals surface area contributed by atoms with E-state index in [-0.39, 0.29) is 11.8 Å². The number of benzene rings is 1. The van der Waals surface area contributed by atoms with Gasteiger partial charge in [-0.25, -0.2) is 0 Å². The highest BCUT2D eigenvalue weighted by atomic mass is 16.1. The minimum absolute atomic E-state index is 0.000420. The summed E-state index contributed by atoms with van der Waals surface area (Å²) in [6.45, 7) is 5.98. The highest BCUT2D eigenvalue weighted by Crippen LogP contribution is 2.19. The molecule has 1 heterocycles. The van der Waals surface area contributed by atoms with Crippen molar-refractivity contribution in [1.29, 1.82) is 0 Å². The van der Waals surface area contributed by atoms with Crippen molar-refractivity contribution in [3.05, 3.63) is 24.3 Å². The van der Waals surface area contributed by atoms with Crippen molar-refractivity contribution >= 4 is 17.3 Å². The SMILES string of the molecule is CC(C)C(=O)Nc1cccc(NC2CCCNCC2)c1. The summed E-state index contributed by atoms with van der Waals surface area (Å²) in [5.74, 6) is 0.0559. The fraction of sp³-hybridized carbons (Fsp3) is 0.562. The third kappa shape index (κ3) is 4.53. The molecule has 110 valence electrons. The van der Waals surface area contributed by atoms with Gasteiger partial charge in [-0.2, -0.15) is 0 Å². The molecule has 2 rings (SSSR count). The average molecular weight is 275 g/mol. The molecule has 0 aliphatic carbocycles. The van der Waals surface area contributed by atoms with Gasteiger partial charge in [0.1, 0.15) is 0 Å². The standard InChI is InChI=1S/C16H25N3O/c1-12(2)16(20)19-15-6-3-5-14(11-15)18-13-7-4-9-17-10-8-13/h3,5-6,11-13,17-18H,4,7-10H2,1-2H3,(H,19,20). The Bertz CT molecular complexity index is 437. The van der Waals surface area contributed by atoms with Crippen LogP contribution in [0.5, 0.6) is 0 Å². The van der Waals surface area contributed by atoms with Crippen molar-refractivity contribution in [3.8, 4) is 0 Å². The van der Waals surface area contributed by atoms with Crippen LogP contribution in [0.3, 0.4) is 0 Å². The molecule has 0 saturated carbocycles. The quantitative estimate of drug-likeness (QED) is 0.792. The van der Waals surface area contributed by atoms with Crippen LogP contribution in [-0.2, 0) is 4.79 Å². The van der Waals surface area contributed by atoms with Crippen LogP contribution in [0.2, 0.25) is 0 Å². The zero-order valence-electron chi connectivity index (χ0n) is 12.4. The van der Waals surface area contributed by atoms with E-state index in [4.69, 9.17) is 0 Å². The highest BCUT2D eigenvalue weighted by Gasteiger charge is 2.12. The Balaban J connectivity index is 1.96. The average Bonchev–Trinajstić information content (AvgIpc) is 2.67. The highest BCUT2D eigenvalue weighted by molar-refractivity contribution is 5.92. The summed E-state index contributed by atoms with van der Waals surface area (Å²) < 4.78 is 0. The van der Waals surface area contributed by atoms with E-state index < -0.39 is 0 Å². The van der Waals surface area contributed by atoms with E-state index in [9.17, 15) is 4.79 Å². The summed E-state index contributed by atoms with van der Waals surface area (Å²) in [6.07, 6.45) is 3.54. The molecule has 0 spiro atoms. The number of carbonyl (C=O) groups is 1. The summed E-state index contributed by atoms with van der Waals surface area (Å²) in [5, 5.41) is 9.93. The van der Waals surface area contributed by atoms with Crippen LogP contribution in [0, 0.1) is 5.92 Å². The molecule has 1 aliphatic heterocycles. The van der Waals surface area contributed by atoms with Crippen LogP contribution in [-0.4, -0.2) is 25.0 Å². The van der Waals surface area contributed by atoms with Gasteiger partial charge in [-0.15, -0.1) is 0 Å². The molecule has 4 heteroatoms. The van der Waals surface area contributed by atoms with Gasteiger partial charge in [0.25, 0.3) is 0 Å². The predicted octanol–water partition coefficient (Wildman–Crippen LogP) is 2.84. The van der Waals surface area contributed by atoms with Crippen molar-refractivity contribution in [2.45, 2.75) is 39.2 Å². The third-order valence-corrected chi connectivity index (χ3v) is 3.60. The molecule has 20 heavy (non-hydrogen) atoms. The molecule has 1 fully saturated rings. The smallest absolute Gasteiger partial charge is 0.226 e. The second kappa shape index (κ2) is 7.29. The van der Waals surface area contributed by atoms with Gasteiger partial charge in [-0.1, -0.05) is 19.9 Å². The van der Waals surface area contributed by atoms with E-state index in [2.05, 4.69) is 22.0 Å². The fourth-order valence-corrected chi connectivity index (χ4v) is 2.37. The lowest BCUT2D eigenvalue weighted by Gasteiger charge is -2.18. The normalized spacial score (nSPS) is 19.4. The van der Waals surface area contributed by atoms with Crippen LogP contribution in [0.15, 0.2) is 24.3 Å². The van der Waals surface area contributed by atoms with Gasteiger partial charge in [-0.05, 0) is 50.6 Å². The first-order valence-electron chi connectivity index (χ1n) is 7.53. The molecule has 0 aromatic heterocycles. The summed E-state index contributed by atoms with van der Waals surface area (Å²) in [6, 6.07) is 8.50. The Hall–Kier alpha value is -1.55. The zero-order chi connectivity index (χ0) is 14.4. The Morgan fingerprint density at radius 3 is 2.85 bits per heavy atom. The van der Waals surface area contributed by atoms with Gasteiger partial charge in [0.2, 0.25) is 5.91 Å². The van der Waals surface area contributed by atoms with E-state index >= 15 is 0 Å². The molecule has 1 unspecified atom stereocenters. The molecule has 1 amide bonds. The predicted molar refractivity (Wildman–Crippen MR) is 84.0 cm³/mol. The fourth-order valence-electron chi connectivity index (χ4n) is 2.37. The second-order valence-electron chi connectivity index (χ2n) is 5.75. The van der Waals surface area contributed by atoms with Crippen LogP contribution < -0.4 is 16.0 Å². The maximum absolute atomic E-state index is 11.7. The van der Waals surface area contributed by atoms with E-state index in [1.807, 2.05) is 32.0 Å². The van der Waals surface area contributed by atoms with Crippen molar-refractivity contribution in [3.63, 3.8) is 0 Å². The monoisotopic (exact) mass is 275 g/mol. The Morgan fingerprint density at radius 2 is 2.05 bits per heavy atom. The lowest BCUT2D eigenvalue weighted by Crippen LogP contribution is -2.22.